The molecule has 0 aliphatic carbocycles. The largest absolute Gasteiger partial charge is 0.348 e. The van der Waals surface area contributed by atoms with Gasteiger partial charge in [-0.05, 0) is 38.8 Å². The van der Waals surface area contributed by atoms with Crippen LogP contribution in [-0.4, -0.2) is 40.0 Å². The van der Waals surface area contributed by atoms with Gasteiger partial charge in [-0.3, -0.25) is 14.7 Å². The number of fused-ring (bicyclic) bond motifs is 2. The van der Waals surface area contributed by atoms with Crippen molar-refractivity contribution >= 4 is 38.4 Å². The molecule has 0 spiro atoms. The Hall–Kier alpha value is -2.54. The molecule has 1 aromatic carbocycles. The Labute approximate surface area is 161 Å². The molecule has 2 aromatic heterocycles. The van der Waals surface area contributed by atoms with E-state index in [0.717, 1.165) is 48.1 Å². The lowest BCUT2D eigenvalue weighted by Gasteiger charge is -2.36. The van der Waals surface area contributed by atoms with E-state index in [4.69, 9.17) is 4.98 Å². The number of thiazole rings is 1. The molecule has 7 heteroatoms. The van der Waals surface area contributed by atoms with Crippen molar-refractivity contribution in [2.75, 3.05) is 22.9 Å². The molecule has 2 aliphatic rings. The normalized spacial score (nSPS) is 19.7. The lowest BCUT2D eigenvalue weighted by molar-refractivity contribution is -0.122. The Morgan fingerprint density at radius 1 is 1.11 bits per heavy atom. The van der Waals surface area contributed by atoms with Gasteiger partial charge in [0.25, 0.3) is 0 Å². The average Bonchev–Trinajstić information content (AvgIpc) is 3.20. The van der Waals surface area contributed by atoms with Crippen LogP contribution in [0.5, 0.6) is 0 Å². The molecule has 1 amide bonds. The first-order valence-electron chi connectivity index (χ1n) is 9.31. The second-order valence-corrected chi connectivity index (χ2v) is 8.72. The highest BCUT2D eigenvalue weighted by Gasteiger charge is 2.49. The predicted octanol–water partition coefficient (Wildman–Crippen LogP) is 3.38. The molecule has 5 rings (SSSR count). The molecule has 0 bridgehead atoms. The van der Waals surface area contributed by atoms with Crippen molar-refractivity contribution < 1.29 is 4.79 Å². The maximum atomic E-state index is 13.1. The van der Waals surface area contributed by atoms with Crippen molar-refractivity contribution in [2.45, 2.75) is 38.1 Å². The Morgan fingerprint density at radius 3 is 2.63 bits per heavy atom. The van der Waals surface area contributed by atoms with Crippen LogP contribution in [0.2, 0.25) is 0 Å². The highest BCUT2D eigenvalue weighted by molar-refractivity contribution is 7.22. The molecule has 0 atom stereocenters. The van der Waals surface area contributed by atoms with E-state index in [1.165, 1.54) is 4.70 Å². The lowest BCUT2D eigenvalue weighted by Crippen LogP contribution is -2.49. The van der Waals surface area contributed by atoms with Gasteiger partial charge in [-0.25, -0.2) is 9.97 Å². The van der Waals surface area contributed by atoms with Crippen molar-refractivity contribution in [1.29, 1.82) is 0 Å². The summed E-state index contributed by atoms with van der Waals surface area (Å²) in [5.74, 6) is 0.855. The summed E-state index contributed by atoms with van der Waals surface area (Å²) in [7, 11) is 0. The topological polar surface area (TPSA) is 62.2 Å². The molecule has 4 heterocycles. The minimum atomic E-state index is -0.603. The molecule has 0 saturated carbocycles. The number of carbonyl (C=O) groups is 1. The fourth-order valence-electron chi connectivity index (χ4n) is 4.10. The molecule has 2 aliphatic heterocycles. The molecule has 3 aromatic rings. The molecule has 27 heavy (non-hydrogen) atoms. The number of hydrogen-bond donors (Lipinski definition) is 0. The van der Waals surface area contributed by atoms with Gasteiger partial charge in [0.05, 0.1) is 21.3 Å². The minimum Gasteiger partial charge on any atom is -0.348 e. The first-order chi connectivity index (χ1) is 13.1. The van der Waals surface area contributed by atoms with Crippen LogP contribution in [0.4, 0.5) is 10.9 Å². The van der Waals surface area contributed by atoms with E-state index < -0.39 is 5.41 Å². The number of amides is 1. The van der Waals surface area contributed by atoms with Gasteiger partial charge in [0, 0.05) is 31.5 Å². The smallest absolute Gasteiger partial charge is 0.240 e. The molecule has 0 radical (unpaired) electrons. The van der Waals surface area contributed by atoms with E-state index in [1.54, 1.807) is 23.7 Å². The number of hydrogen-bond acceptors (Lipinski definition) is 6. The third kappa shape index (κ3) is 2.52. The second kappa shape index (κ2) is 5.99. The summed E-state index contributed by atoms with van der Waals surface area (Å²) in [4.78, 5) is 31.0. The maximum Gasteiger partial charge on any atom is 0.240 e. The monoisotopic (exact) mass is 379 g/mol. The third-order valence-electron chi connectivity index (χ3n) is 5.64. The molecule has 1 saturated heterocycles. The van der Waals surface area contributed by atoms with E-state index >= 15 is 0 Å². The zero-order valence-electron chi connectivity index (χ0n) is 15.4. The van der Waals surface area contributed by atoms with Crippen molar-refractivity contribution in [3.63, 3.8) is 0 Å². The van der Waals surface area contributed by atoms with Crippen LogP contribution in [0.1, 0.15) is 32.4 Å². The number of benzene rings is 1. The maximum absolute atomic E-state index is 13.1. The molecule has 0 N–H and O–H groups in total. The van der Waals surface area contributed by atoms with Gasteiger partial charge in [-0.2, -0.15) is 0 Å². The van der Waals surface area contributed by atoms with E-state index in [1.807, 2.05) is 24.8 Å². The molecule has 6 nitrogen and oxygen atoms in total. The Bertz CT molecular complexity index is 989. The van der Waals surface area contributed by atoms with E-state index in [2.05, 4.69) is 33.1 Å². The van der Waals surface area contributed by atoms with Gasteiger partial charge in [0.15, 0.2) is 10.9 Å². The third-order valence-corrected chi connectivity index (χ3v) is 6.73. The Balaban J connectivity index is 1.37. The van der Waals surface area contributed by atoms with Crippen molar-refractivity contribution in [3.05, 3.63) is 42.4 Å². The number of aromatic nitrogens is 3. The predicted molar refractivity (Wildman–Crippen MR) is 107 cm³/mol. The van der Waals surface area contributed by atoms with E-state index in [0.29, 0.717) is 0 Å². The van der Waals surface area contributed by atoms with Crippen LogP contribution < -0.4 is 9.80 Å². The van der Waals surface area contributed by atoms with Crippen LogP contribution in [0.25, 0.3) is 10.2 Å². The molecular formula is C20H21N5OS. The number of rotatable bonds is 2. The summed E-state index contributed by atoms with van der Waals surface area (Å²) in [6.07, 6.45) is 5.17. The number of anilines is 2. The van der Waals surface area contributed by atoms with E-state index in [9.17, 15) is 4.79 Å². The first-order valence-corrected chi connectivity index (χ1v) is 10.1. The van der Waals surface area contributed by atoms with Crippen LogP contribution in [0.15, 0.2) is 36.7 Å². The summed E-state index contributed by atoms with van der Waals surface area (Å²) in [5.41, 5.74) is 1.25. The van der Waals surface area contributed by atoms with Crippen LogP contribution in [0.3, 0.4) is 0 Å². The fraction of sp³-hybridized carbons (Fsp3) is 0.400. The fourth-order valence-corrected chi connectivity index (χ4v) is 5.11. The van der Waals surface area contributed by atoms with Gasteiger partial charge in [-0.1, -0.05) is 23.5 Å². The second-order valence-electron chi connectivity index (χ2n) is 7.71. The SMILES string of the molecule is CC1(C)C(=O)N(C2CCN(c3nc4ccccc4s3)CC2)c2nccnc21. The van der Waals surface area contributed by atoms with Crippen LogP contribution >= 0.6 is 11.3 Å². The van der Waals surface area contributed by atoms with Crippen molar-refractivity contribution in [2.24, 2.45) is 0 Å². The van der Waals surface area contributed by atoms with Gasteiger partial charge < -0.3 is 4.90 Å². The summed E-state index contributed by atoms with van der Waals surface area (Å²) < 4.78 is 1.22. The highest BCUT2D eigenvalue weighted by Crippen LogP contribution is 2.41. The lowest BCUT2D eigenvalue weighted by atomic mass is 9.90. The van der Waals surface area contributed by atoms with Crippen molar-refractivity contribution in [3.8, 4) is 0 Å². The average molecular weight is 379 g/mol. The summed E-state index contributed by atoms with van der Waals surface area (Å²) in [6, 6.07) is 8.42. The molecular weight excluding hydrogens is 358 g/mol. The van der Waals surface area contributed by atoms with Gasteiger partial charge in [0.2, 0.25) is 5.91 Å². The van der Waals surface area contributed by atoms with Crippen molar-refractivity contribution in [1.82, 2.24) is 15.0 Å². The highest BCUT2D eigenvalue weighted by atomic mass is 32.1. The summed E-state index contributed by atoms with van der Waals surface area (Å²) >= 11 is 1.74. The molecule has 1 fully saturated rings. The zero-order valence-corrected chi connectivity index (χ0v) is 16.2. The van der Waals surface area contributed by atoms with Crippen LogP contribution in [-0.2, 0) is 10.2 Å². The first kappa shape index (κ1) is 16.6. The number of piperidine rings is 1. The standard InChI is InChI=1S/C20H21N5OS/c1-20(2)16-17(22-10-9-21-16)25(18(20)26)13-7-11-24(12-8-13)19-23-14-5-3-4-6-15(14)27-19/h3-6,9-10,13H,7-8,11-12H2,1-2H3. The number of carbonyl (C=O) groups excluding carboxylic acids is 1. The molecule has 0 unspecified atom stereocenters. The Kier molecular flexibility index (Phi) is 3.69. The quantitative estimate of drug-likeness (QED) is 0.683. The van der Waals surface area contributed by atoms with Gasteiger partial charge >= 0.3 is 0 Å². The van der Waals surface area contributed by atoms with Gasteiger partial charge in [-0.15, -0.1) is 0 Å². The summed E-state index contributed by atoms with van der Waals surface area (Å²) in [5, 5.41) is 1.07. The number of para-hydroxylation sites is 1. The summed E-state index contributed by atoms with van der Waals surface area (Å²) in [6.45, 7) is 5.67. The van der Waals surface area contributed by atoms with E-state index in [-0.39, 0.29) is 11.9 Å². The van der Waals surface area contributed by atoms with Crippen LogP contribution in [0, 0.1) is 0 Å². The van der Waals surface area contributed by atoms with Gasteiger partial charge in [0.1, 0.15) is 0 Å². The number of nitrogens with zero attached hydrogens (tertiary/aromatic N) is 5. The minimum absolute atomic E-state index is 0.113. The molecule has 138 valence electrons. The zero-order chi connectivity index (χ0) is 18.6. The Morgan fingerprint density at radius 2 is 1.85 bits per heavy atom.